The van der Waals surface area contributed by atoms with E-state index in [1.165, 1.54) is 17.7 Å². The van der Waals surface area contributed by atoms with Gasteiger partial charge in [-0.05, 0) is 18.2 Å². The highest BCUT2D eigenvalue weighted by Gasteiger charge is 2.14. The van der Waals surface area contributed by atoms with E-state index in [9.17, 15) is 4.79 Å². The van der Waals surface area contributed by atoms with Crippen LogP contribution in [-0.4, -0.2) is 42.9 Å². The lowest BCUT2D eigenvalue weighted by Crippen LogP contribution is -2.08. The van der Waals surface area contributed by atoms with E-state index in [1.807, 2.05) is 0 Å². The molecule has 3 rings (SSSR count). The maximum Gasteiger partial charge on any atom is 0.358 e. The van der Waals surface area contributed by atoms with Gasteiger partial charge in [0.1, 0.15) is 0 Å². The first-order valence-corrected chi connectivity index (χ1v) is 5.38. The number of nitrogens with zero attached hydrogens (tertiary/aromatic N) is 6. The number of fused-ring (bicyclic) bond motifs is 1. The first-order valence-electron chi connectivity index (χ1n) is 5.38. The SMILES string of the molecule is COC(=O)c1ccc2nnc(-c3ncccn3)n2n1. The van der Waals surface area contributed by atoms with Crippen molar-refractivity contribution in [3.8, 4) is 11.6 Å². The van der Waals surface area contributed by atoms with Crippen LogP contribution in [0.5, 0.6) is 0 Å². The summed E-state index contributed by atoms with van der Waals surface area (Å²) in [4.78, 5) is 19.6. The Bertz CT molecular complexity index is 739. The topological polar surface area (TPSA) is 95.2 Å². The number of carbonyl (C=O) groups is 1. The Balaban J connectivity index is 2.19. The van der Waals surface area contributed by atoms with Crippen molar-refractivity contribution >= 4 is 11.6 Å². The van der Waals surface area contributed by atoms with Crippen molar-refractivity contribution in [1.82, 2.24) is 29.8 Å². The van der Waals surface area contributed by atoms with Gasteiger partial charge in [-0.3, -0.25) is 0 Å². The predicted molar refractivity (Wildman–Crippen MR) is 63.1 cm³/mol. The van der Waals surface area contributed by atoms with Gasteiger partial charge in [0.25, 0.3) is 0 Å². The van der Waals surface area contributed by atoms with E-state index < -0.39 is 5.97 Å². The number of hydrogen-bond acceptors (Lipinski definition) is 7. The van der Waals surface area contributed by atoms with Crippen molar-refractivity contribution < 1.29 is 9.53 Å². The second-order valence-electron chi connectivity index (χ2n) is 3.58. The monoisotopic (exact) mass is 256 g/mol. The molecule has 0 spiro atoms. The highest BCUT2D eigenvalue weighted by molar-refractivity contribution is 5.87. The zero-order valence-corrected chi connectivity index (χ0v) is 9.89. The Morgan fingerprint density at radius 3 is 2.74 bits per heavy atom. The van der Waals surface area contributed by atoms with Crippen LogP contribution in [0.2, 0.25) is 0 Å². The van der Waals surface area contributed by atoms with Crippen LogP contribution >= 0.6 is 0 Å². The van der Waals surface area contributed by atoms with Crippen LogP contribution in [0, 0.1) is 0 Å². The van der Waals surface area contributed by atoms with Crippen LogP contribution in [0.4, 0.5) is 0 Å². The van der Waals surface area contributed by atoms with Crippen molar-refractivity contribution in [2.75, 3.05) is 7.11 Å². The van der Waals surface area contributed by atoms with Crippen LogP contribution < -0.4 is 0 Å². The Labute approximate surface area is 107 Å². The molecule has 0 aliphatic heterocycles. The van der Waals surface area contributed by atoms with E-state index in [0.717, 1.165) is 0 Å². The zero-order valence-electron chi connectivity index (χ0n) is 9.89. The third-order valence-corrected chi connectivity index (χ3v) is 2.42. The molecule has 0 saturated heterocycles. The molecule has 0 aromatic carbocycles. The zero-order chi connectivity index (χ0) is 13.2. The molecule has 0 radical (unpaired) electrons. The van der Waals surface area contributed by atoms with Crippen molar-refractivity contribution in [2.45, 2.75) is 0 Å². The van der Waals surface area contributed by atoms with E-state index in [1.54, 1.807) is 24.5 Å². The van der Waals surface area contributed by atoms with Crippen molar-refractivity contribution in [1.29, 1.82) is 0 Å². The van der Waals surface area contributed by atoms with Gasteiger partial charge in [0.15, 0.2) is 17.2 Å². The van der Waals surface area contributed by atoms with E-state index in [-0.39, 0.29) is 5.69 Å². The Hall–Kier alpha value is -2.90. The summed E-state index contributed by atoms with van der Waals surface area (Å²) in [6.45, 7) is 0. The molecule has 0 fully saturated rings. The minimum absolute atomic E-state index is 0.159. The first-order chi connectivity index (χ1) is 9.29. The molecule has 3 aromatic rings. The molecule has 94 valence electrons. The summed E-state index contributed by atoms with van der Waals surface area (Å²) >= 11 is 0. The lowest BCUT2D eigenvalue weighted by atomic mass is 10.4. The summed E-state index contributed by atoms with van der Waals surface area (Å²) in [6, 6.07) is 4.84. The predicted octanol–water partition coefficient (Wildman–Crippen LogP) is 0.368. The number of esters is 1. The van der Waals surface area contributed by atoms with Crippen molar-refractivity contribution in [3.63, 3.8) is 0 Å². The Kier molecular flexibility index (Phi) is 2.60. The van der Waals surface area contributed by atoms with Crippen LogP contribution in [0.1, 0.15) is 10.5 Å². The summed E-state index contributed by atoms with van der Waals surface area (Å²) in [5.74, 6) is 0.210. The average molecular weight is 256 g/mol. The minimum atomic E-state index is -0.532. The van der Waals surface area contributed by atoms with Gasteiger partial charge in [-0.25, -0.2) is 14.8 Å². The summed E-state index contributed by atoms with van der Waals surface area (Å²) in [6.07, 6.45) is 3.18. The Morgan fingerprint density at radius 1 is 1.21 bits per heavy atom. The largest absolute Gasteiger partial charge is 0.464 e. The van der Waals surface area contributed by atoms with E-state index in [4.69, 9.17) is 0 Å². The molecule has 0 N–H and O–H groups in total. The van der Waals surface area contributed by atoms with Crippen LogP contribution in [0.25, 0.3) is 17.3 Å². The maximum atomic E-state index is 11.5. The summed E-state index contributed by atoms with van der Waals surface area (Å²) in [5, 5.41) is 12.0. The van der Waals surface area contributed by atoms with Gasteiger partial charge >= 0.3 is 5.97 Å². The molecule has 0 aliphatic carbocycles. The van der Waals surface area contributed by atoms with Crippen LogP contribution in [0.3, 0.4) is 0 Å². The summed E-state index contributed by atoms with van der Waals surface area (Å²) in [5.41, 5.74) is 0.655. The van der Waals surface area contributed by atoms with Crippen molar-refractivity contribution in [2.24, 2.45) is 0 Å². The molecule has 0 bridgehead atoms. The number of hydrogen-bond donors (Lipinski definition) is 0. The number of rotatable bonds is 2. The summed E-state index contributed by atoms with van der Waals surface area (Å²) in [7, 11) is 1.29. The molecule has 0 atom stereocenters. The molecule has 3 heterocycles. The van der Waals surface area contributed by atoms with Gasteiger partial charge in [0.2, 0.25) is 5.82 Å². The molecule has 8 heteroatoms. The molecule has 0 aliphatic rings. The molecular formula is C11H8N6O2. The third-order valence-electron chi connectivity index (χ3n) is 2.42. The van der Waals surface area contributed by atoms with Gasteiger partial charge in [-0.1, -0.05) is 0 Å². The molecule has 0 unspecified atom stereocenters. The van der Waals surface area contributed by atoms with Gasteiger partial charge in [0.05, 0.1) is 7.11 Å². The average Bonchev–Trinajstić information content (AvgIpc) is 2.90. The number of aromatic nitrogens is 6. The molecule has 3 aromatic heterocycles. The fourth-order valence-electron chi connectivity index (χ4n) is 1.56. The van der Waals surface area contributed by atoms with Crippen LogP contribution in [0.15, 0.2) is 30.6 Å². The summed E-state index contributed by atoms with van der Waals surface area (Å²) < 4.78 is 6.02. The number of ether oxygens (including phenoxy) is 1. The fraction of sp³-hybridized carbons (Fsp3) is 0.0909. The molecular weight excluding hydrogens is 248 g/mol. The quantitative estimate of drug-likeness (QED) is 0.611. The second kappa shape index (κ2) is 4.41. The molecule has 8 nitrogen and oxygen atoms in total. The van der Waals surface area contributed by atoms with Gasteiger partial charge in [0, 0.05) is 12.4 Å². The minimum Gasteiger partial charge on any atom is -0.464 e. The standard InChI is InChI=1S/C11H8N6O2/c1-19-11(18)7-3-4-8-14-15-10(17(8)16-7)9-12-5-2-6-13-9/h2-6H,1H3. The maximum absolute atomic E-state index is 11.5. The highest BCUT2D eigenvalue weighted by Crippen LogP contribution is 2.12. The van der Waals surface area contributed by atoms with E-state index in [2.05, 4.69) is 30.0 Å². The van der Waals surface area contributed by atoms with Gasteiger partial charge in [-0.2, -0.15) is 9.61 Å². The molecule has 0 amide bonds. The lowest BCUT2D eigenvalue weighted by molar-refractivity contribution is 0.0592. The fourth-order valence-corrected chi connectivity index (χ4v) is 1.56. The third kappa shape index (κ3) is 1.88. The first kappa shape index (κ1) is 11.2. The Morgan fingerprint density at radius 2 is 2.00 bits per heavy atom. The lowest BCUT2D eigenvalue weighted by Gasteiger charge is -2.00. The van der Waals surface area contributed by atoms with E-state index in [0.29, 0.717) is 17.3 Å². The normalized spacial score (nSPS) is 10.6. The number of methoxy groups -OCH3 is 1. The smallest absolute Gasteiger partial charge is 0.358 e. The van der Waals surface area contributed by atoms with Crippen LogP contribution in [-0.2, 0) is 4.74 Å². The molecule has 19 heavy (non-hydrogen) atoms. The number of carbonyl (C=O) groups excluding carboxylic acids is 1. The highest BCUT2D eigenvalue weighted by atomic mass is 16.5. The second-order valence-corrected chi connectivity index (χ2v) is 3.58. The molecule has 0 saturated carbocycles. The van der Waals surface area contributed by atoms with Gasteiger partial charge in [-0.15, -0.1) is 10.2 Å². The van der Waals surface area contributed by atoms with E-state index >= 15 is 0 Å². The van der Waals surface area contributed by atoms with Crippen molar-refractivity contribution in [3.05, 3.63) is 36.3 Å². The van der Waals surface area contributed by atoms with Gasteiger partial charge < -0.3 is 4.74 Å².